The molecule has 2 bridgehead atoms. The zero-order chi connectivity index (χ0) is 31.8. The van der Waals surface area contributed by atoms with Gasteiger partial charge in [-0.15, -0.1) is 0 Å². The van der Waals surface area contributed by atoms with Crippen molar-refractivity contribution in [3.05, 3.63) is 64.3 Å². The summed E-state index contributed by atoms with van der Waals surface area (Å²) >= 11 is 6.41. The number of rotatable bonds is 4. The van der Waals surface area contributed by atoms with Gasteiger partial charge in [-0.05, 0) is 98.1 Å². The summed E-state index contributed by atoms with van der Waals surface area (Å²) in [6.07, 6.45) is 9.92. The minimum absolute atomic E-state index is 0.0442. The molecule has 4 aliphatic rings. The summed E-state index contributed by atoms with van der Waals surface area (Å²) in [7, 11) is -0.750. The number of anilines is 1. The number of hydrogen-bond donors (Lipinski definition) is 1. The molecule has 1 aromatic carbocycles. The minimum Gasteiger partial charge on any atom is -0.489 e. The maximum Gasteiger partial charge on any atom is 0.283 e. The van der Waals surface area contributed by atoms with E-state index in [4.69, 9.17) is 30.8 Å². The Balaban J connectivity index is 1.42. The number of ether oxygens (including phenoxy) is 3. The molecule has 1 spiro atoms. The lowest BCUT2D eigenvalue weighted by molar-refractivity contribution is 0.0131. The molecule has 11 heteroatoms. The van der Waals surface area contributed by atoms with Crippen molar-refractivity contribution >= 4 is 33.3 Å². The molecular weight excluding hydrogens is 614 g/mol. The van der Waals surface area contributed by atoms with E-state index in [1.54, 1.807) is 26.4 Å². The van der Waals surface area contributed by atoms with Gasteiger partial charge in [-0.3, -0.25) is 4.79 Å². The van der Waals surface area contributed by atoms with Gasteiger partial charge in [0.25, 0.3) is 5.91 Å². The number of nitrogens with one attached hydrogen (secondary N) is 1. The van der Waals surface area contributed by atoms with Crippen molar-refractivity contribution in [2.75, 3.05) is 45.4 Å². The third-order valence-electron chi connectivity index (χ3n) is 10.4. The molecular formula is C34H44ClN3O6S. The SMILES string of the molecule is COCC[C@@H]1[C@@H](C)C/C=C/[C@H](OC)[C@@H]2CC[C@H]2CN2C[C@@]3(CCCc4cc(Cl)ccc43)COc3ccc(nc32)C(=O)NS1(=O)=O. The van der Waals surface area contributed by atoms with E-state index in [2.05, 4.69) is 27.8 Å². The van der Waals surface area contributed by atoms with Gasteiger partial charge in [0.15, 0.2) is 11.6 Å². The van der Waals surface area contributed by atoms with E-state index in [-0.39, 0.29) is 36.2 Å². The molecule has 6 rings (SSSR count). The van der Waals surface area contributed by atoms with Crippen LogP contribution in [0, 0.1) is 17.8 Å². The van der Waals surface area contributed by atoms with E-state index in [9.17, 15) is 13.2 Å². The lowest BCUT2D eigenvalue weighted by Gasteiger charge is -2.45. The van der Waals surface area contributed by atoms with Crippen LogP contribution in [0.2, 0.25) is 5.02 Å². The molecule has 1 aromatic heterocycles. The van der Waals surface area contributed by atoms with Gasteiger partial charge >= 0.3 is 0 Å². The van der Waals surface area contributed by atoms with Crippen molar-refractivity contribution in [1.29, 1.82) is 0 Å². The molecule has 2 aromatic rings. The number of amides is 1. The molecule has 0 saturated heterocycles. The van der Waals surface area contributed by atoms with E-state index in [0.29, 0.717) is 43.0 Å². The van der Waals surface area contributed by atoms with Crippen molar-refractivity contribution < 1.29 is 27.4 Å². The van der Waals surface area contributed by atoms with Crippen LogP contribution in [0.5, 0.6) is 5.75 Å². The standard InChI is InChI=1S/C34H44ClN3O6S/c1-22-6-4-8-29(43-3)26-11-9-24(26)19-38-20-34(16-5-7-23-18-25(35)10-12-27(23)34)21-44-30-14-13-28(36-32(30)38)33(39)37-45(40,41)31(22)15-17-42-2/h4,8,10,12-14,18,22,24,26,29,31H,5-7,9,11,15-17,19-21H2,1-3H3,(H,37,39)/b8-4+/t22-,24-,26+,29-,31+,34-/m0/s1. The molecule has 0 radical (unpaired) electrons. The van der Waals surface area contributed by atoms with Crippen LogP contribution in [-0.2, 0) is 31.3 Å². The Bertz CT molecular complexity index is 1550. The molecule has 45 heavy (non-hydrogen) atoms. The Hall–Kier alpha value is -2.66. The fourth-order valence-corrected chi connectivity index (χ4v) is 9.69. The number of carbonyl (C=O) groups excluding carboxylic acids is 1. The zero-order valence-electron chi connectivity index (χ0n) is 26.3. The Morgan fingerprint density at radius 1 is 1.20 bits per heavy atom. The molecule has 244 valence electrons. The topological polar surface area (TPSA) is 107 Å². The Labute approximate surface area is 271 Å². The summed E-state index contributed by atoms with van der Waals surface area (Å²) in [6, 6.07) is 9.49. The number of fused-ring (bicyclic) bond motifs is 4. The minimum atomic E-state index is -4.04. The molecule has 3 heterocycles. The van der Waals surface area contributed by atoms with Crippen LogP contribution in [0.15, 0.2) is 42.5 Å². The van der Waals surface area contributed by atoms with Gasteiger partial charge in [0.2, 0.25) is 10.0 Å². The molecule has 6 atom stereocenters. The van der Waals surface area contributed by atoms with Gasteiger partial charge in [-0.2, -0.15) is 0 Å². The number of benzene rings is 1. The molecule has 1 amide bonds. The number of sulfonamides is 1. The highest BCUT2D eigenvalue weighted by atomic mass is 35.5. The number of aromatic nitrogens is 1. The summed E-state index contributed by atoms with van der Waals surface area (Å²) < 4.78 is 47.4. The van der Waals surface area contributed by atoms with Gasteiger partial charge in [-0.25, -0.2) is 18.1 Å². The fraction of sp³-hybridized carbons (Fsp3) is 0.588. The Morgan fingerprint density at radius 3 is 2.80 bits per heavy atom. The highest BCUT2D eigenvalue weighted by molar-refractivity contribution is 7.90. The Kier molecular flexibility index (Phi) is 9.48. The van der Waals surface area contributed by atoms with Crippen molar-refractivity contribution in [3.8, 4) is 5.75 Å². The highest BCUT2D eigenvalue weighted by Crippen LogP contribution is 2.46. The van der Waals surface area contributed by atoms with E-state index >= 15 is 0 Å². The predicted octanol–water partition coefficient (Wildman–Crippen LogP) is 5.31. The second-order valence-electron chi connectivity index (χ2n) is 13.3. The molecule has 1 saturated carbocycles. The predicted molar refractivity (Wildman–Crippen MR) is 175 cm³/mol. The van der Waals surface area contributed by atoms with Crippen LogP contribution < -0.4 is 14.4 Å². The fourth-order valence-electron chi connectivity index (χ4n) is 7.86. The normalized spacial score (nSPS) is 31.9. The lowest BCUT2D eigenvalue weighted by Crippen LogP contribution is -2.50. The third-order valence-corrected chi connectivity index (χ3v) is 12.6. The van der Waals surface area contributed by atoms with Gasteiger partial charge in [-0.1, -0.05) is 36.7 Å². The average molecular weight is 658 g/mol. The molecule has 2 aliphatic heterocycles. The molecule has 9 nitrogen and oxygen atoms in total. The van der Waals surface area contributed by atoms with Gasteiger partial charge in [0.1, 0.15) is 5.69 Å². The summed E-state index contributed by atoms with van der Waals surface area (Å²) in [5.41, 5.74) is 2.26. The van der Waals surface area contributed by atoms with Crippen molar-refractivity contribution in [1.82, 2.24) is 9.71 Å². The number of aryl methyl sites for hydroxylation is 1. The second-order valence-corrected chi connectivity index (χ2v) is 15.6. The van der Waals surface area contributed by atoms with Crippen LogP contribution in [0.1, 0.15) is 67.1 Å². The van der Waals surface area contributed by atoms with E-state index in [1.165, 1.54) is 11.1 Å². The van der Waals surface area contributed by atoms with Crippen LogP contribution in [0.3, 0.4) is 0 Å². The largest absolute Gasteiger partial charge is 0.489 e. The van der Waals surface area contributed by atoms with Gasteiger partial charge < -0.3 is 19.1 Å². The quantitative estimate of drug-likeness (QED) is 0.441. The maximum absolute atomic E-state index is 13.6. The molecule has 2 aliphatic carbocycles. The smallest absolute Gasteiger partial charge is 0.283 e. The second kappa shape index (κ2) is 13.2. The summed E-state index contributed by atoms with van der Waals surface area (Å²) in [5.74, 6) is 0.847. The number of nitrogens with zero attached hydrogens (tertiary/aromatic N) is 2. The number of carbonyl (C=O) groups is 1. The van der Waals surface area contributed by atoms with Gasteiger partial charge in [0.05, 0.1) is 18.0 Å². The Morgan fingerprint density at radius 2 is 2.04 bits per heavy atom. The number of halogens is 1. The summed E-state index contributed by atoms with van der Waals surface area (Å²) in [4.78, 5) is 20.6. The van der Waals surface area contributed by atoms with E-state index < -0.39 is 21.2 Å². The molecule has 0 unspecified atom stereocenters. The van der Waals surface area contributed by atoms with E-state index in [1.807, 2.05) is 19.1 Å². The van der Waals surface area contributed by atoms with Crippen LogP contribution in [0.4, 0.5) is 5.82 Å². The highest BCUT2D eigenvalue weighted by Gasteiger charge is 2.45. The maximum atomic E-state index is 13.6. The number of methoxy groups -OCH3 is 2. The van der Waals surface area contributed by atoms with Crippen LogP contribution in [0.25, 0.3) is 0 Å². The average Bonchev–Trinajstić information content (AvgIpc) is 3.14. The summed E-state index contributed by atoms with van der Waals surface area (Å²) in [6.45, 7) is 4.03. The lowest BCUT2D eigenvalue weighted by atomic mass is 9.68. The van der Waals surface area contributed by atoms with Gasteiger partial charge in [0, 0.05) is 44.4 Å². The van der Waals surface area contributed by atoms with Crippen molar-refractivity contribution in [2.45, 2.75) is 68.6 Å². The zero-order valence-corrected chi connectivity index (χ0v) is 27.9. The molecule has 1 fully saturated rings. The van der Waals surface area contributed by atoms with Crippen molar-refractivity contribution in [3.63, 3.8) is 0 Å². The van der Waals surface area contributed by atoms with Crippen LogP contribution in [-0.4, -0.2) is 71.2 Å². The van der Waals surface area contributed by atoms with Crippen LogP contribution >= 0.6 is 11.6 Å². The first-order chi connectivity index (χ1) is 21.6. The molecule has 1 N–H and O–H groups in total. The monoisotopic (exact) mass is 657 g/mol. The first-order valence-electron chi connectivity index (χ1n) is 16.1. The summed E-state index contributed by atoms with van der Waals surface area (Å²) in [5, 5.41) is -0.0902. The number of allylic oxidation sites excluding steroid dienone is 1. The number of hydrogen-bond acceptors (Lipinski definition) is 8. The first-order valence-corrected chi connectivity index (χ1v) is 18.0. The van der Waals surface area contributed by atoms with Crippen molar-refractivity contribution in [2.24, 2.45) is 17.8 Å². The van der Waals surface area contributed by atoms with E-state index in [0.717, 1.165) is 43.7 Å². The third kappa shape index (κ3) is 6.48. The first kappa shape index (κ1) is 32.3. The number of pyridine rings is 1.